The highest BCUT2D eigenvalue weighted by Gasteiger charge is 2.19. The minimum absolute atomic E-state index is 0.0865. The lowest BCUT2D eigenvalue weighted by atomic mass is 10.0. The molecule has 0 amide bonds. The van der Waals surface area contributed by atoms with Crippen LogP contribution in [0, 0.1) is 0 Å². The lowest BCUT2D eigenvalue weighted by molar-refractivity contribution is -0.167. The molecule has 0 N–H and O–H groups in total. The monoisotopic (exact) mass is 1010 g/mol. The van der Waals surface area contributed by atoms with Crippen molar-refractivity contribution in [2.75, 3.05) is 13.2 Å². The first-order chi connectivity index (χ1) is 36.0. The smallest absolute Gasteiger partial charge is 0.306 e. The Morgan fingerprint density at radius 2 is 0.534 bits per heavy atom. The fourth-order valence-electron chi connectivity index (χ4n) is 8.54. The van der Waals surface area contributed by atoms with E-state index in [1.165, 1.54) is 135 Å². The molecule has 6 nitrogen and oxygen atoms in total. The van der Waals surface area contributed by atoms with Gasteiger partial charge in [-0.15, -0.1) is 0 Å². The normalized spacial score (nSPS) is 12.8. The van der Waals surface area contributed by atoms with Gasteiger partial charge >= 0.3 is 17.9 Å². The molecule has 73 heavy (non-hydrogen) atoms. The zero-order chi connectivity index (χ0) is 52.9. The molecule has 0 bridgehead atoms. The van der Waals surface area contributed by atoms with Gasteiger partial charge in [-0.2, -0.15) is 0 Å². The minimum Gasteiger partial charge on any atom is -0.462 e. The maximum absolute atomic E-state index is 12.8. The largest absolute Gasteiger partial charge is 0.462 e. The van der Waals surface area contributed by atoms with E-state index < -0.39 is 6.10 Å². The molecule has 0 spiro atoms. The molecule has 1 atom stereocenters. The molecule has 0 aliphatic rings. The summed E-state index contributed by atoms with van der Waals surface area (Å²) >= 11 is 0. The fourth-order valence-corrected chi connectivity index (χ4v) is 8.54. The maximum Gasteiger partial charge on any atom is 0.306 e. The van der Waals surface area contributed by atoms with E-state index in [1.807, 2.05) is 0 Å². The molecule has 418 valence electrons. The Hall–Kier alpha value is -3.67. The first kappa shape index (κ1) is 69.3. The molecule has 0 aromatic rings. The van der Waals surface area contributed by atoms with E-state index in [0.29, 0.717) is 19.3 Å². The summed E-state index contributed by atoms with van der Waals surface area (Å²) in [5, 5.41) is 0. The first-order valence-electron chi connectivity index (χ1n) is 30.7. The Labute approximate surface area is 451 Å². The number of hydrogen-bond acceptors (Lipinski definition) is 6. The Morgan fingerprint density at radius 3 is 0.849 bits per heavy atom. The Morgan fingerprint density at radius 1 is 0.288 bits per heavy atom. The molecule has 0 heterocycles. The summed E-state index contributed by atoms with van der Waals surface area (Å²) in [4.78, 5) is 38.2. The fraction of sp³-hybridized carbons (Fsp3) is 0.716. The van der Waals surface area contributed by atoms with Gasteiger partial charge in [0.05, 0.1) is 0 Å². The lowest BCUT2D eigenvalue weighted by Crippen LogP contribution is -2.30. The summed E-state index contributed by atoms with van der Waals surface area (Å²) in [5.41, 5.74) is 0. The zero-order valence-electron chi connectivity index (χ0n) is 47.9. The standard InChI is InChI=1S/C67H114O6/c1-4-7-10-13-16-19-22-25-26-27-28-29-30-31-32-33-34-35-36-37-38-39-40-43-45-48-51-54-57-60-66(69)72-63-64(73-67(70)61-58-55-52-49-46-42-24-21-18-15-12-9-6-3)62-71-65(68)59-56-53-50-47-44-41-23-20-17-14-11-8-5-2/h7,9-10,12,16,18-19,21,25-26,28-29,31-32,42,46,64H,4-6,8,11,13-15,17,20,22-24,27,30,33-41,43-45,47-63H2,1-3H3/b10-7-,12-9-,19-16-,21-18-,26-25-,29-28-,32-31-,46-42-. The van der Waals surface area contributed by atoms with Crippen LogP contribution in [-0.2, 0) is 28.6 Å². The van der Waals surface area contributed by atoms with Crippen molar-refractivity contribution in [2.45, 2.75) is 297 Å². The summed E-state index contributed by atoms with van der Waals surface area (Å²) in [6.45, 7) is 6.40. The van der Waals surface area contributed by atoms with Crippen LogP contribution in [0.15, 0.2) is 97.2 Å². The van der Waals surface area contributed by atoms with Crippen LogP contribution in [0.3, 0.4) is 0 Å². The average molecular weight is 1020 g/mol. The van der Waals surface area contributed by atoms with Crippen LogP contribution in [0.25, 0.3) is 0 Å². The molecule has 0 saturated heterocycles. The van der Waals surface area contributed by atoms with Gasteiger partial charge < -0.3 is 14.2 Å². The molecule has 0 aromatic carbocycles. The van der Waals surface area contributed by atoms with Crippen molar-refractivity contribution in [3.05, 3.63) is 97.2 Å². The van der Waals surface area contributed by atoms with Gasteiger partial charge in [-0.05, 0) is 96.3 Å². The SMILES string of the molecule is CC/C=C\C/C=C\C/C=C\C/C=C\C/C=C\CCCCCCCCCCCCCCCC(=O)OCC(COC(=O)CCCCCCCCCCCCCCC)OC(=O)CCCCC/C=C\C/C=C\C/C=C\CC. The summed E-state index contributed by atoms with van der Waals surface area (Å²) in [6, 6.07) is 0. The van der Waals surface area contributed by atoms with Gasteiger partial charge in [0.1, 0.15) is 13.2 Å². The number of allylic oxidation sites excluding steroid dienone is 16. The summed E-state index contributed by atoms with van der Waals surface area (Å²) < 4.78 is 16.9. The van der Waals surface area contributed by atoms with E-state index in [4.69, 9.17) is 14.2 Å². The Kier molecular flexibility index (Phi) is 57.8. The van der Waals surface area contributed by atoms with Crippen molar-refractivity contribution in [3.8, 4) is 0 Å². The number of rotatable bonds is 55. The van der Waals surface area contributed by atoms with Gasteiger partial charge in [0.15, 0.2) is 6.10 Å². The number of carbonyl (C=O) groups excluding carboxylic acids is 3. The highest BCUT2D eigenvalue weighted by atomic mass is 16.6. The highest BCUT2D eigenvalue weighted by molar-refractivity contribution is 5.71. The van der Waals surface area contributed by atoms with Crippen LogP contribution in [-0.4, -0.2) is 37.2 Å². The molecular formula is C67H114O6. The third-order valence-corrected chi connectivity index (χ3v) is 13.1. The molecule has 0 aliphatic carbocycles. The third-order valence-electron chi connectivity index (χ3n) is 13.1. The van der Waals surface area contributed by atoms with Gasteiger partial charge in [-0.1, -0.05) is 272 Å². The van der Waals surface area contributed by atoms with Gasteiger partial charge in [-0.25, -0.2) is 0 Å². The summed E-state index contributed by atoms with van der Waals surface area (Å²) in [7, 11) is 0. The predicted octanol–water partition coefficient (Wildman–Crippen LogP) is 20.9. The second-order valence-electron chi connectivity index (χ2n) is 20.2. The van der Waals surface area contributed by atoms with Crippen LogP contribution in [0.4, 0.5) is 0 Å². The Bertz CT molecular complexity index is 1440. The number of unbranched alkanes of at least 4 members (excludes halogenated alkanes) is 28. The van der Waals surface area contributed by atoms with Crippen LogP contribution in [0.5, 0.6) is 0 Å². The van der Waals surface area contributed by atoms with Crippen LogP contribution >= 0.6 is 0 Å². The molecule has 1 unspecified atom stereocenters. The molecule has 0 aromatic heterocycles. The third kappa shape index (κ3) is 59.1. The zero-order valence-corrected chi connectivity index (χ0v) is 47.9. The van der Waals surface area contributed by atoms with Gasteiger partial charge in [0.25, 0.3) is 0 Å². The molecular weight excluding hydrogens is 901 g/mol. The highest BCUT2D eigenvalue weighted by Crippen LogP contribution is 2.16. The van der Waals surface area contributed by atoms with Crippen LogP contribution in [0.2, 0.25) is 0 Å². The van der Waals surface area contributed by atoms with Crippen LogP contribution < -0.4 is 0 Å². The van der Waals surface area contributed by atoms with Crippen molar-refractivity contribution in [1.29, 1.82) is 0 Å². The molecule has 6 heteroatoms. The van der Waals surface area contributed by atoms with Gasteiger partial charge in [0, 0.05) is 19.3 Å². The maximum atomic E-state index is 12.8. The number of carbonyl (C=O) groups is 3. The predicted molar refractivity (Wildman–Crippen MR) is 316 cm³/mol. The molecule has 0 radical (unpaired) electrons. The Balaban J connectivity index is 4.22. The second-order valence-corrected chi connectivity index (χ2v) is 20.2. The lowest BCUT2D eigenvalue weighted by Gasteiger charge is -2.18. The molecule has 0 saturated carbocycles. The quantitative estimate of drug-likeness (QED) is 0.0261. The van der Waals surface area contributed by atoms with E-state index in [2.05, 4.69) is 118 Å². The van der Waals surface area contributed by atoms with Crippen molar-refractivity contribution < 1.29 is 28.6 Å². The topological polar surface area (TPSA) is 78.9 Å². The summed E-state index contributed by atoms with van der Waals surface area (Å²) in [5.74, 6) is -0.910. The average Bonchev–Trinajstić information content (AvgIpc) is 3.39. The van der Waals surface area contributed by atoms with Gasteiger partial charge in [-0.3, -0.25) is 14.4 Å². The minimum atomic E-state index is -0.791. The van der Waals surface area contributed by atoms with Crippen molar-refractivity contribution in [1.82, 2.24) is 0 Å². The van der Waals surface area contributed by atoms with E-state index in [9.17, 15) is 14.4 Å². The van der Waals surface area contributed by atoms with Crippen molar-refractivity contribution in [2.24, 2.45) is 0 Å². The second kappa shape index (κ2) is 60.9. The molecule has 0 aliphatic heterocycles. The number of hydrogen-bond donors (Lipinski definition) is 0. The van der Waals surface area contributed by atoms with Crippen molar-refractivity contribution in [3.63, 3.8) is 0 Å². The molecule has 0 rings (SSSR count). The van der Waals surface area contributed by atoms with Crippen LogP contribution in [0.1, 0.15) is 290 Å². The molecule has 0 fully saturated rings. The van der Waals surface area contributed by atoms with E-state index in [1.54, 1.807) is 0 Å². The van der Waals surface area contributed by atoms with Gasteiger partial charge in [0.2, 0.25) is 0 Å². The van der Waals surface area contributed by atoms with E-state index >= 15 is 0 Å². The summed E-state index contributed by atoms with van der Waals surface area (Å²) in [6.07, 6.45) is 81.3. The number of ether oxygens (including phenoxy) is 3. The van der Waals surface area contributed by atoms with Crippen molar-refractivity contribution >= 4 is 17.9 Å². The van der Waals surface area contributed by atoms with E-state index in [-0.39, 0.29) is 31.1 Å². The number of esters is 3. The van der Waals surface area contributed by atoms with E-state index in [0.717, 1.165) is 116 Å². The first-order valence-corrected chi connectivity index (χ1v) is 30.7.